The van der Waals surface area contributed by atoms with Crippen molar-refractivity contribution >= 4 is 28.4 Å². The molecule has 2 N–H and O–H groups in total. The zero-order chi connectivity index (χ0) is 15.0. The third kappa shape index (κ3) is 2.78. The molecule has 3 aromatic rings. The van der Waals surface area contributed by atoms with Crippen LogP contribution in [0, 0.1) is 6.92 Å². The fourth-order valence-electron chi connectivity index (χ4n) is 2.24. The van der Waals surface area contributed by atoms with E-state index in [0.717, 1.165) is 28.0 Å². The van der Waals surface area contributed by atoms with Gasteiger partial charge < -0.3 is 10.3 Å². The Labute approximate surface area is 126 Å². The Morgan fingerprint density at radius 3 is 2.90 bits per heavy atom. The molecule has 2 heterocycles. The Bertz CT molecular complexity index is 818. The molecule has 0 fully saturated rings. The van der Waals surface area contributed by atoms with Crippen LogP contribution in [-0.4, -0.2) is 20.7 Å². The molecule has 2 aromatic heterocycles. The molecule has 0 aliphatic carbocycles. The smallest absolute Gasteiger partial charge is 0.217 e. The second kappa shape index (κ2) is 5.26. The Balaban J connectivity index is 2.00. The first-order valence-corrected chi connectivity index (χ1v) is 6.99. The van der Waals surface area contributed by atoms with Gasteiger partial charge in [0.2, 0.25) is 5.91 Å². The lowest BCUT2D eigenvalue weighted by Gasteiger charge is -2.04. The number of nitrogens with zero attached hydrogens (tertiary/aromatic N) is 2. The van der Waals surface area contributed by atoms with Crippen LogP contribution in [0.1, 0.15) is 18.3 Å². The minimum atomic E-state index is -0.0561. The summed E-state index contributed by atoms with van der Waals surface area (Å²) in [6.07, 6.45) is 1.88. The molecule has 0 aliphatic rings. The lowest BCUT2D eigenvalue weighted by molar-refractivity contribution is -0.119. The minimum absolute atomic E-state index is 0.0561. The monoisotopic (exact) mass is 302 g/mol. The van der Waals surface area contributed by atoms with Crippen molar-refractivity contribution in [2.45, 2.75) is 20.4 Å². The van der Waals surface area contributed by atoms with Crippen LogP contribution >= 0.6 is 11.6 Å². The maximum atomic E-state index is 11.0. The molecule has 3 rings (SSSR count). The molecule has 21 heavy (non-hydrogen) atoms. The molecule has 0 spiro atoms. The number of rotatable bonds is 3. The SMILES string of the molecule is CC(=O)NCc1cc2cc(Cl)c(-n3ccc(C)n3)cc2[nH]1. The first-order valence-electron chi connectivity index (χ1n) is 6.61. The van der Waals surface area contributed by atoms with Crippen LogP contribution in [0.3, 0.4) is 0 Å². The van der Waals surface area contributed by atoms with E-state index in [1.807, 2.05) is 37.4 Å². The molecular formula is C15H15ClN4O. The van der Waals surface area contributed by atoms with Gasteiger partial charge in [0.15, 0.2) is 0 Å². The number of H-pyrrole nitrogens is 1. The summed E-state index contributed by atoms with van der Waals surface area (Å²) in [5.74, 6) is -0.0561. The number of carbonyl (C=O) groups excluding carboxylic acids is 1. The van der Waals surface area contributed by atoms with Crippen LogP contribution in [0.4, 0.5) is 0 Å². The van der Waals surface area contributed by atoms with Gasteiger partial charge in [0.25, 0.3) is 0 Å². The Morgan fingerprint density at radius 1 is 1.43 bits per heavy atom. The molecule has 0 saturated heterocycles. The van der Waals surface area contributed by atoms with Crippen molar-refractivity contribution in [1.82, 2.24) is 20.1 Å². The second-order valence-corrected chi connectivity index (χ2v) is 5.40. The normalized spacial score (nSPS) is 11.0. The third-order valence-electron chi connectivity index (χ3n) is 3.24. The zero-order valence-corrected chi connectivity index (χ0v) is 12.5. The van der Waals surface area contributed by atoms with Crippen LogP contribution in [0.5, 0.6) is 0 Å². The van der Waals surface area contributed by atoms with E-state index in [4.69, 9.17) is 11.6 Å². The Morgan fingerprint density at radius 2 is 2.24 bits per heavy atom. The number of amides is 1. The number of hydrogen-bond acceptors (Lipinski definition) is 2. The van der Waals surface area contributed by atoms with Crippen LogP contribution in [0.2, 0.25) is 5.02 Å². The van der Waals surface area contributed by atoms with E-state index < -0.39 is 0 Å². The molecule has 0 radical (unpaired) electrons. The van der Waals surface area contributed by atoms with Crippen LogP contribution in [-0.2, 0) is 11.3 Å². The van der Waals surface area contributed by atoms with Gasteiger partial charge in [0, 0.05) is 29.7 Å². The highest BCUT2D eigenvalue weighted by molar-refractivity contribution is 6.33. The molecule has 0 bridgehead atoms. The number of aromatic amines is 1. The minimum Gasteiger partial charge on any atom is -0.357 e. The van der Waals surface area contributed by atoms with Gasteiger partial charge in [-0.05, 0) is 31.2 Å². The largest absolute Gasteiger partial charge is 0.357 e. The van der Waals surface area contributed by atoms with Gasteiger partial charge in [-0.15, -0.1) is 0 Å². The van der Waals surface area contributed by atoms with E-state index in [-0.39, 0.29) is 5.91 Å². The lowest BCUT2D eigenvalue weighted by Crippen LogP contribution is -2.18. The Kier molecular flexibility index (Phi) is 3.43. The first-order chi connectivity index (χ1) is 10.0. The quantitative estimate of drug-likeness (QED) is 0.781. The molecule has 0 aliphatic heterocycles. The van der Waals surface area contributed by atoms with Crippen LogP contribution in [0.25, 0.3) is 16.6 Å². The van der Waals surface area contributed by atoms with E-state index >= 15 is 0 Å². The van der Waals surface area contributed by atoms with Crippen molar-refractivity contribution in [3.63, 3.8) is 0 Å². The summed E-state index contributed by atoms with van der Waals surface area (Å²) in [4.78, 5) is 14.3. The summed E-state index contributed by atoms with van der Waals surface area (Å²) in [6.45, 7) is 3.90. The molecule has 1 amide bonds. The van der Waals surface area contributed by atoms with Gasteiger partial charge in [0.05, 0.1) is 22.9 Å². The highest BCUT2D eigenvalue weighted by Crippen LogP contribution is 2.27. The molecule has 108 valence electrons. The van der Waals surface area contributed by atoms with Crippen molar-refractivity contribution in [2.75, 3.05) is 0 Å². The molecule has 0 atom stereocenters. The summed E-state index contributed by atoms with van der Waals surface area (Å²) in [6, 6.07) is 7.77. The number of carbonyl (C=O) groups is 1. The highest BCUT2D eigenvalue weighted by Gasteiger charge is 2.09. The third-order valence-corrected chi connectivity index (χ3v) is 3.54. The molecule has 0 unspecified atom stereocenters. The standard InChI is InChI=1S/C15H15ClN4O/c1-9-3-4-20(19-9)15-7-14-11(6-13(15)16)5-12(18-14)8-17-10(2)21/h3-7,18H,8H2,1-2H3,(H,17,21). The number of aryl methyl sites for hydroxylation is 1. The van der Waals surface area contributed by atoms with Gasteiger partial charge in [0.1, 0.15) is 0 Å². The fourth-order valence-corrected chi connectivity index (χ4v) is 2.50. The topological polar surface area (TPSA) is 62.7 Å². The van der Waals surface area contributed by atoms with Gasteiger partial charge in [-0.3, -0.25) is 4.79 Å². The molecule has 5 nitrogen and oxygen atoms in total. The van der Waals surface area contributed by atoms with Gasteiger partial charge in [-0.2, -0.15) is 5.10 Å². The lowest BCUT2D eigenvalue weighted by atomic mass is 10.2. The van der Waals surface area contributed by atoms with E-state index in [1.54, 1.807) is 4.68 Å². The molecule has 6 heteroatoms. The van der Waals surface area contributed by atoms with Gasteiger partial charge in [-0.1, -0.05) is 11.6 Å². The predicted octanol–water partition coefficient (Wildman–Crippen LogP) is 2.95. The zero-order valence-electron chi connectivity index (χ0n) is 11.8. The van der Waals surface area contributed by atoms with Crippen molar-refractivity contribution in [1.29, 1.82) is 0 Å². The summed E-state index contributed by atoms with van der Waals surface area (Å²) >= 11 is 6.34. The van der Waals surface area contributed by atoms with Crippen molar-refractivity contribution in [3.8, 4) is 5.69 Å². The van der Waals surface area contributed by atoms with Crippen LogP contribution < -0.4 is 5.32 Å². The molecule has 0 saturated carbocycles. The number of nitrogens with one attached hydrogen (secondary N) is 2. The van der Waals surface area contributed by atoms with Crippen LogP contribution in [0.15, 0.2) is 30.5 Å². The van der Waals surface area contributed by atoms with Gasteiger partial charge >= 0.3 is 0 Å². The number of halogens is 1. The average molecular weight is 303 g/mol. The summed E-state index contributed by atoms with van der Waals surface area (Å²) in [5, 5.41) is 8.78. The van der Waals surface area contributed by atoms with E-state index in [2.05, 4.69) is 15.4 Å². The summed E-state index contributed by atoms with van der Waals surface area (Å²) in [7, 11) is 0. The fraction of sp³-hybridized carbons (Fsp3) is 0.200. The number of benzene rings is 1. The van der Waals surface area contributed by atoms with Crippen molar-refractivity contribution in [3.05, 3.63) is 46.9 Å². The predicted molar refractivity (Wildman–Crippen MR) is 82.7 cm³/mol. The number of aromatic nitrogens is 3. The average Bonchev–Trinajstić information content (AvgIpc) is 3.01. The highest BCUT2D eigenvalue weighted by atomic mass is 35.5. The maximum absolute atomic E-state index is 11.0. The molecular weight excluding hydrogens is 288 g/mol. The molecule has 1 aromatic carbocycles. The van der Waals surface area contributed by atoms with E-state index in [1.165, 1.54) is 6.92 Å². The summed E-state index contributed by atoms with van der Waals surface area (Å²) < 4.78 is 1.76. The van der Waals surface area contributed by atoms with E-state index in [0.29, 0.717) is 11.6 Å². The summed E-state index contributed by atoms with van der Waals surface area (Å²) in [5.41, 5.74) is 3.65. The number of fused-ring (bicyclic) bond motifs is 1. The second-order valence-electron chi connectivity index (χ2n) is 5.00. The van der Waals surface area contributed by atoms with Crippen molar-refractivity contribution in [2.24, 2.45) is 0 Å². The maximum Gasteiger partial charge on any atom is 0.217 e. The first kappa shape index (κ1) is 13.7. The Hall–Kier alpha value is -2.27. The van der Waals surface area contributed by atoms with Crippen molar-refractivity contribution < 1.29 is 4.79 Å². The van der Waals surface area contributed by atoms with Gasteiger partial charge in [-0.25, -0.2) is 4.68 Å². The van der Waals surface area contributed by atoms with E-state index in [9.17, 15) is 4.79 Å². The number of hydrogen-bond donors (Lipinski definition) is 2.